The number of nitrogen functional groups attached to an aromatic ring is 1. The SMILES string of the molecule is CCCCSc1sc2nc(-c3nccs3)cc(-c3ccc(OCCF)cc3)c2c1N. The maximum Gasteiger partial charge on any atom is 0.141 e. The van der Waals surface area contributed by atoms with Crippen LogP contribution < -0.4 is 10.5 Å². The summed E-state index contributed by atoms with van der Waals surface area (Å²) >= 11 is 5.01. The lowest BCUT2D eigenvalue weighted by Gasteiger charge is -2.09. The van der Waals surface area contributed by atoms with E-state index < -0.39 is 6.67 Å². The lowest BCUT2D eigenvalue weighted by Crippen LogP contribution is -1.98. The van der Waals surface area contributed by atoms with Gasteiger partial charge in [0.2, 0.25) is 0 Å². The van der Waals surface area contributed by atoms with Crippen LogP contribution in [0.3, 0.4) is 0 Å². The van der Waals surface area contributed by atoms with Gasteiger partial charge in [0.1, 0.15) is 34.6 Å². The zero-order valence-electron chi connectivity index (χ0n) is 16.6. The van der Waals surface area contributed by atoms with Crippen LogP contribution in [0, 0.1) is 0 Å². The largest absolute Gasteiger partial charge is 0.491 e. The van der Waals surface area contributed by atoms with E-state index in [1.165, 1.54) is 0 Å². The van der Waals surface area contributed by atoms with Crippen LogP contribution in [0.15, 0.2) is 46.1 Å². The minimum Gasteiger partial charge on any atom is -0.491 e. The molecule has 0 saturated heterocycles. The van der Waals surface area contributed by atoms with Crippen LogP contribution in [0.25, 0.3) is 32.0 Å². The molecule has 4 rings (SSSR count). The van der Waals surface area contributed by atoms with Crippen molar-refractivity contribution in [1.82, 2.24) is 9.97 Å². The third-order valence-electron chi connectivity index (χ3n) is 4.56. The van der Waals surface area contributed by atoms with Crippen molar-refractivity contribution in [2.75, 3.05) is 24.8 Å². The molecule has 0 spiro atoms. The molecule has 0 aliphatic rings. The molecule has 0 aliphatic heterocycles. The topological polar surface area (TPSA) is 61.0 Å². The van der Waals surface area contributed by atoms with E-state index >= 15 is 0 Å². The molecule has 0 fully saturated rings. The molecule has 4 aromatic rings. The quantitative estimate of drug-likeness (QED) is 0.218. The highest BCUT2D eigenvalue weighted by atomic mass is 32.2. The number of thiophene rings is 1. The number of alkyl halides is 1. The summed E-state index contributed by atoms with van der Waals surface area (Å²) in [7, 11) is 0. The maximum atomic E-state index is 12.4. The van der Waals surface area contributed by atoms with Gasteiger partial charge >= 0.3 is 0 Å². The maximum absolute atomic E-state index is 12.4. The molecule has 3 aromatic heterocycles. The Balaban J connectivity index is 1.81. The summed E-state index contributed by atoms with van der Waals surface area (Å²) in [6.45, 7) is 1.74. The van der Waals surface area contributed by atoms with Gasteiger partial charge < -0.3 is 10.5 Å². The molecule has 0 saturated carbocycles. The van der Waals surface area contributed by atoms with Gasteiger partial charge in [-0.2, -0.15) is 0 Å². The van der Waals surface area contributed by atoms with Gasteiger partial charge in [-0.15, -0.1) is 34.4 Å². The molecule has 0 radical (unpaired) electrons. The van der Waals surface area contributed by atoms with Crippen molar-refractivity contribution in [3.8, 4) is 27.6 Å². The summed E-state index contributed by atoms with van der Waals surface area (Å²) in [6.07, 6.45) is 4.10. The van der Waals surface area contributed by atoms with Crippen molar-refractivity contribution >= 4 is 50.3 Å². The van der Waals surface area contributed by atoms with E-state index in [4.69, 9.17) is 15.5 Å². The molecule has 0 amide bonds. The monoisotopic (exact) mass is 459 g/mol. The van der Waals surface area contributed by atoms with Crippen LogP contribution in [-0.4, -0.2) is 29.0 Å². The number of anilines is 1. The molecule has 0 aliphatic carbocycles. The molecule has 1 aromatic carbocycles. The predicted octanol–water partition coefficient (Wildman–Crippen LogP) is 6.91. The third kappa shape index (κ3) is 4.45. The molecule has 0 bridgehead atoms. The predicted molar refractivity (Wildman–Crippen MR) is 128 cm³/mol. The number of thiazole rings is 1. The van der Waals surface area contributed by atoms with E-state index in [1.54, 1.807) is 40.6 Å². The highest BCUT2D eigenvalue weighted by Crippen LogP contribution is 2.45. The fourth-order valence-corrected chi connectivity index (χ4v) is 6.14. The molecule has 2 N–H and O–H groups in total. The van der Waals surface area contributed by atoms with Crippen LogP contribution in [0.1, 0.15) is 19.8 Å². The van der Waals surface area contributed by atoms with E-state index in [-0.39, 0.29) is 6.61 Å². The van der Waals surface area contributed by atoms with Gasteiger partial charge in [-0.05, 0) is 41.5 Å². The molecular weight excluding hydrogens is 437 g/mol. The van der Waals surface area contributed by atoms with Crippen molar-refractivity contribution in [3.63, 3.8) is 0 Å². The van der Waals surface area contributed by atoms with Crippen molar-refractivity contribution in [2.45, 2.75) is 24.0 Å². The number of rotatable bonds is 9. The van der Waals surface area contributed by atoms with Gasteiger partial charge in [0.25, 0.3) is 0 Å². The first-order valence-electron chi connectivity index (χ1n) is 9.76. The van der Waals surface area contributed by atoms with E-state index in [2.05, 4.69) is 18.0 Å². The van der Waals surface area contributed by atoms with Crippen LogP contribution in [0.5, 0.6) is 5.75 Å². The molecule has 4 nitrogen and oxygen atoms in total. The highest BCUT2D eigenvalue weighted by molar-refractivity contribution is 8.01. The van der Waals surface area contributed by atoms with E-state index in [9.17, 15) is 4.39 Å². The Bertz CT molecular complexity index is 1110. The minimum atomic E-state index is -0.506. The van der Waals surface area contributed by atoms with E-state index in [0.717, 1.165) is 60.5 Å². The molecular formula is C22H22FN3OS3. The Morgan fingerprint density at radius 1 is 1.23 bits per heavy atom. The van der Waals surface area contributed by atoms with Crippen LogP contribution in [0.4, 0.5) is 10.1 Å². The number of unbranched alkanes of at least 4 members (excludes halogenated alkanes) is 1. The molecule has 3 heterocycles. The van der Waals surface area contributed by atoms with Gasteiger partial charge in [-0.1, -0.05) is 25.5 Å². The number of pyridine rings is 1. The number of nitrogens with two attached hydrogens (primary N) is 1. The summed E-state index contributed by atoms with van der Waals surface area (Å²) in [5, 5.41) is 3.82. The molecule has 30 heavy (non-hydrogen) atoms. The number of ether oxygens (including phenoxy) is 1. The molecule has 156 valence electrons. The number of halogens is 1. The first kappa shape index (κ1) is 21.1. The summed E-state index contributed by atoms with van der Waals surface area (Å²) in [4.78, 5) is 10.2. The lowest BCUT2D eigenvalue weighted by atomic mass is 10.0. The summed E-state index contributed by atoms with van der Waals surface area (Å²) in [6, 6.07) is 9.74. The van der Waals surface area contributed by atoms with Gasteiger partial charge in [0, 0.05) is 17.0 Å². The summed E-state index contributed by atoms with van der Waals surface area (Å²) < 4.78 is 18.9. The minimum absolute atomic E-state index is 0.0584. The number of aromatic nitrogens is 2. The Morgan fingerprint density at radius 3 is 2.77 bits per heavy atom. The fourth-order valence-electron chi connectivity index (χ4n) is 3.09. The highest BCUT2D eigenvalue weighted by Gasteiger charge is 2.18. The normalized spacial score (nSPS) is 11.3. The standard InChI is InChI=1S/C22H22FN3OS3/c1-2-3-11-29-22-19(24)18-16(14-4-6-15(7-5-14)27-10-8-23)13-17(26-21(18)30-22)20-25-9-12-28-20/h4-7,9,12-13H,2-3,8,10-11,24H2,1H3. The van der Waals surface area contributed by atoms with Gasteiger partial charge in [0.05, 0.1) is 9.90 Å². The average molecular weight is 460 g/mol. The second-order valence-corrected chi connectivity index (χ2v) is 9.90. The first-order valence-corrected chi connectivity index (χ1v) is 12.4. The van der Waals surface area contributed by atoms with Gasteiger partial charge in [-0.3, -0.25) is 0 Å². The summed E-state index contributed by atoms with van der Waals surface area (Å²) in [5.74, 6) is 1.69. The zero-order chi connectivity index (χ0) is 20.9. The number of thioether (sulfide) groups is 1. The van der Waals surface area contributed by atoms with Crippen LogP contribution in [0.2, 0.25) is 0 Å². The van der Waals surface area contributed by atoms with Crippen molar-refractivity contribution in [3.05, 3.63) is 41.9 Å². The van der Waals surface area contributed by atoms with Gasteiger partial charge in [-0.25, -0.2) is 14.4 Å². The molecule has 0 atom stereocenters. The Hall–Kier alpha value is -2.16. The Kier molecular flexibility index (Phi) is 6.86. The lowest BCUT2D eigenvalue weighted by molar-refractivity contribution is 0.273. The number of benzene rings is 1. The molecule has 0 unspecified atom stereocenters. The summed E-state index contributed by atoms with van der Waals surface area (Å²) in [5.41, 5.74) is 10.3. The fraction of sp³-hybridized carbons (Fsp3) is 0.273. The molecule has 8 heteroatoms. The first-order chi connectivity index (χ1) is 14.7. The number of hydrogen-bond acceptors (Lipinski definition) is 7. The Morgan fingerprint density at radius 2 is 2.07 bits per heavy atom. The number of fused-ring (bicyclic) bond motifs is 1. The van der Waals surface area contributed by atoms with Gasteiger partial charge in [0.15, 0.2) is 0 Å². The van der Waals surface area contributed by atoms with Crippen LogP contribution >= 0.6 is 34.4 Å². The second-order valence-electron chi connectivity index (χ2n) is 6.64. The third-order valence-corrected chi connectivity index (χ3v) is 7.83. The average Bonchev–Trinajstić information content (AvgIpc) is 3.41. The zero-order valence-corrected chi connectivity index (χ0v) is 19.0. The number of hydrogen-bond donors (Lipinski definition) is 1. The van der Waals surface area contributed by atoms with Crippen molar-refractivity contribution < 1.29 is 9.13 Å². The van der Waals surface area contributed by atoms with Crippen molar-refractivity contribution in [2.24, 2.45) is 0 Å². The van der Waals surface area contributed by atoms with E-state index in [1.807, 2.05) is 29.6 Å². The Labute approximate surface area is 187 Å². The van der Waals surface area contributed by atoms with Crippen molar-refractivity contribution in [1.29, 1.82) is 0 Å². The van der Waals surface area contributed by atoms with Crippen LogP contribution in [-0.2, 0) is 0 Å². The number of nitrogens with zero attached hydrogens (tertiary/aromatic N) is 2. The smallest absolute Gasteiger partial charge is 0.141 e. The second kappa shape index (κ2) is 9.76. The van der Waals surface area contributed by atoms with E-state index in [0.29, 0.717) is 5.75 Å².